The molecule has 0 spiro atoms. The Morgan fingerprint density at radius 2 is 1.96 bits per heavy atom. The highest BCUT2D eigenvalue weighted by Gasteiger charge is 2.21. The molecule has 0 aliphatic carbocycles. The summed E-state index contributed by atoms with van der Waals surface area (Å²) in [5.41, 5.74) is 4.39. The van der Waals surface area contributed by atoms with Gasteiger partial charge in [0.05, 0.1) is 22.3 Å². The third-order valence-corrected chi connectivity index (χ3v) is 5.12. The number of aromatic nitrogens is 4. The van der Waals surface area contributed by atoms with Crippen LogP contribution in [0.25, 0.3) is 11.5 Å². The molecule has 8 heteroatoms. The van der Waals surface area contributed by atoms with Gasteiger partial charge in [0.2, 0.25) is 11.8 Å². The van der Waals surface area contributed by atoms with Gasteiger partial charge in [-0.1, -0.05) is 30.0 Å². The number of carbonyl (C=O) groups excluding carboxylic acids is 1. The molecule has 1 N–H and O–H groups in total. The number of hydrogen-bond acceptors (Lipinski definition) is 6. The highest BCUT2D eigenvalue weighted by atomic mass is 32.2. The van der Waals surface area contributed by atoms with Gasteiger partial charge in [-0.25, -0.2) is 0 Å². The molecule has 0 aliphatic heterocycles. The van der Waals surface area contributed by atoms with Crippen LogP contribution in [-0.2, 0) is 11.8 Å². The van der Waals surface area contributed by atoms with Crippen LogP contribution in [-0.4, -0.2) is 31.1 Å². The van der Waals surface area contributed by atoms with Crippen LogP contribution in [0.15, 0.2) is 33.9 Å². The summed E-state index contributed by atoms with van der Waals surface area (Å²) < 4.78 is 7.46. The van der Waals surface area contributed by atoms with Crippen molar-refractivity contribution in [2.24, 2.45) is 7.05 Å². The predicted octanol–water partition coefficient (Wildman–Crippen LogP) is 3.51. The number of thioether (sulfide) groups is 1. The van der Waals surface area contributed by atoms with E-state index in [2.05, 4.69) is 20.6 Å². The number of anilines is 1. The van der Waals surface area contributed by atoms with Crippen LogP contribution in [0, 0.1) is 20.8 Å². The van der Waals surface area contributed by atoms with Gasteiger partial charge in [0, 0.05) is 12.6 Å². The molecular formula is C18H21N5O2S. The highest BCUT2D eigenvalue weighted by molar-refractivity contribution is 8.00. The zero-order valence-corrected chi connectivity index (χ0v) is 16.2. The van der Waals surface area contributed by atoms with E-state index in [0.717, 1.165) is 28.2 Å². The first-order valence-electron chi connectivity index (χ1n) is 8.24. The Kier molecular flexibility index (Phi) is 5.13. The standard InChI is InChI=1S/C18H21N5O2S/c1-10-8-6-7-9-14(10)17-20-21-18(25-17)26-13(4)16(24)19-15-11(2)22-23(5)12(15)3/h6-9,13H,1-5H3,(H,19,24)/t13-/m1/s1. The Hall–Kier alpha value is -2.61. The molecule has 1 amide bonds. The molecule has 26 heavy (non-hydrogen) atoms. The van der Waals surface area contributed by atoms with Gasteiger partial charge in [-0.05, 0) is 39.3 Å². The van der Waals surface area contributed by atoms with Gasteiger partial charge in [-0.3, -0.25) is 9.48 Å². The Labute approximate surface area is 156 Å². The van der Waals surface area contributed by atoms with Crippen LogP contribution >= 0.6 is 11.8 Å². The first-order chi connectivity index (χ1) is 12.4. The number of amides is 1. The third kappa shape index (κ3) is 3.65. The van der Waals surface area contributed by atoms with Crippen molar-refractivity contribution < 1.29 is 9.21 Å². The topological polar surface area (TPSA) is 85.8 Å². The second-order valence-corrected chi connectivity index (χ2v) is 7.40. The molecule has 0 fully saturated rings. The van der Waals surface area contributed by atoms with Crippen molar-refractivity contribution >= 4 is 23.4 Å². The minimum Gasteiger partial charge on any atom is -0.411 e. The van der Waals surface area contributed by atoms with Gasteiger partial charge in [-0.2, -0.15) is 5.10 Å². The van der Waals surface area contributed by atoms with Crippen LogP contribution in [0.5, 0.6) is 0 Å². The summed E-state index contributed by atoms with van der Waals surface area (Å²) in [4.78, 5) is 12.5. The van der Waals surface area contributed by atoms with E-state index in [1.54, 1.807) is 11.6 Å². The fourth-order valence-corrected chi connectivity index (χ4v) is 3.25. The molecule has 0 radical (unpaired) electrons. The lowest BCUT2D eigenvalue weighted by molar-refractivity contribution is -0.115. The van der Waals surface area contributed by atoms with Crippen molar-refractivity contribution in [3.05, 3.63) is 41.2 Å². The normalized spacial score (nSPS) is 12.2. The zero-order valence-electron chi connectivity index (χ0n) is 15.4. The second-order valence-electron chi connectivity index (χ2n) is 6.11. The molecule has 2 aromatic heterocycles. The largest absolute Gasteiger partial charge is 0.411 e. The van der Waals surface area contributed by atoms with E-state index in [1.807, 2.05) is 52.1 Å². The minimum absolute atomic E-state index is 0.134. The summed E-state index contributed by atoms with van der Waals surface area (Å²) in [5, 5.41) is 15.4. The SMILES string of the molecule is Cc1ccccc1-c1nnc(S[C@H](C)C(=O)Nc2c(C)nn(C)c2C)o1. The Bertz CT molecular complexity index is 947. The summed E-state index contributed by atoms with van der Waals surface area (Å²) in [7, 11) is 1.85. The molecule has 0 saturated carbocycles. The molecule has 1 aromatic carbocycles. The van der Waals surface area contributed by atoms with Crippen molar-refractivity contribution in [2.75, 3.05) is 5.32 Å². The van der Waals surface area contributed by atoms with Crippen molar-refractivity contribution in [1.29, 1.82) is 0 Å². The molecule has 3 rings (SSSR count). The van der Waals surface area contributed by atoms with Gasteiger partial charge in [0.25, 0.3) is 5.22 Å². The summed E-state index contributed by atoms with van der Waals surface area (Å²) >= 11 is 1.23. The van der Waals surface area contributed by atoms with Crippen molar-refractivity contribution in [3.8, 4) is 11.5 Å². The lowest BCUT2D eigenvalue weighted by Crippen LogP contribution is -2.23. The Morgan fingerprint density at radius 1 is 1.23 bits per heavy atom. The van der Waals surface area contributed by atoms with E-state index >= 15 is 0 Å². The van der Waals surface area contributed by atoms with E-state index in [4.69, 9.17) is 4.42 Å². The van der Waals surface area contributed by atoms with Gasteiger partial charge < -0.3 is 9.73 Å². The summed E-state index contributed by atoms with van der Waals surface area (Å²) in [5.74, 6) is 0.321. The number of carbonyl (C=O) groups is 1. The first kappa shape index (κ1) is 18.2. The number of rotatable bonds is 5. The predicted molar refractivity (Wildman–Crippen MR) is 101 cm³/mol. The monoisotopic (exact) mass is 371 g/mol. The molecule has 136 valence electrons. The first-order valence-corrected chi connectivity index (χ1v) is 9.12. The summed E-state index contributed by atoms with van der Waals surface area (Å²) in [6.45, 7) is 7.58. The van der Waals surface area contributed by atoms with Gasteiger partial charge in [0.1, 0.15) is 0 Å². The maximum atomic E-state index is 12.5. The smallest absolute Gasteiger partial charge is 0.277 e. The van der Waals surface area contributed by atoms with E-state index in [0.29, 0.717) is 11.1 Å². The molecule has 0 unspecified atom stereocenters. The molecule has 0 saturated heterocycles. The minimum atomic E-state index is -0.390. The quantitative estimate of drug-likeness (QED) is 0.691. The van der Waals surface area contributed by atoms with Gasteiger partial charge in [-0.15, -0.1) is 10.2 Å². The second kappa shape index (κ2) is 7.33. The summed E-state index contributed by atoms with van der Waals surface area (Å²) in [6, 6.07) is 7.80. The van der Waals surface area contributed by atoms with Crippen LogP contribution in [0.3, 0.4) is 0 Å². The fourth-order valence-electron chi connectivity index (χ4n) is 2.56. The number of hydrogen-bond donors (Lipinski definition) is 1. The molecule has 2 heterocycles. The van der Waals surface area contributed by atoms with Crippen LogP contribution in [0.1, 0.15) is 23.9 Å². The zero-order chi connectivity index (χ0) is 18.8. The molecule has 0 bridgehead atoms. The Morgan fingerprint density at radius 3 is 2.62 bits per heavy atom. The lowest BCUT2D eigenvalue weighted by atomic mass is 10.1. The average Bonchev–Trinajstić information content (AvgIpc) is 3.15. The average molecular weight is 371 g/mol. The van der Waals surface area contributed by atoms with Crippen molar-refractivity contribution in [3.63, 3.8) is 0 Å². The van der Waals surface area contributed by atoms with E-state index in [-0.39, 0.29) is 11.2 Å². The number of nitrogens with zero attached hydrogens (tertiary/aromatic N) is 4. The molecule has 0 aliphatic rings. The molecule has 3 aromatic rings. The van der Waals surface area contributed by atoms with Crippen molar-refractivity contribution in [1.82, 2.24) is 20.0 Å². The van der Waals surface area contributed by atoms with E-state index in [1.165, 1.54) is 11.8 Å². The van der Waals surface area contributed by atoms with Crippen LogP contribution in [0.4, 0.5) is 5.69 Å². The maximum Gasteiger partial charge on any atom is 0.277 e. The van der Waals surface area contributed by atoms with Crippen LogP contribution in [0.2, 0.25) is 0 Å². The Balaban J connectivity index is 1.69. The van der Waals surface area contributed by atoms with Gasteiger partial charge >= 0.3 is 0 Å². The highest BCUT2D eigenvalue weighted by Crippen LogP contribution is 2.28. The number of aryl methyl sites for hydroxylation is 3. The lowest BCUT2D eigenvalue weighted by Gasteiger charge is -2.10. The summed E-state index contributed by atoms with van der Waals surface area (Å²) in [6.07, 6.45) is 0. The number of nitrogens with one attached hydrogen (secondary N) is 1. The van der Waals surface area contributed by atoms with E-state index in [9.17, 15) is 4.79 Å². The van der Waals surface area contributed by atoms with Gasteiger partial charge in [0.15, 0.2) is 0 Å². The fraction of sp³-hybridized carbons (Fsp3) is 0.333. The van der Waals surface area contributed by atoms with Crippen molar-refractivity contribution in [2.45, 2.75) is 38.2 Å². The number of benzene rings is 1. The van der Waals surface area contributed by atoms with E-state index < -0.39 is 0 Å². The molecule has 7 nitrogen and oxygen atoms in total. The molecular weight excluding hydrogens is 350 g/mol. The van der Waals surface area contributed by atoms with Crippen LogP contribution < -0.4 is 5.32 Å². The maximum absolute atomic E-state index is 12.5. The molecule has 1 atom stereocenters. The third-order valence-electron chi connectivity index (χ3n) is 4.19.